The molecule has 0 aliphatic rings. The van der Waals surface area contributed by atoms with E-state index in [1.165, 1.54) is 13.8 Å². The minimum absolute atomic E-state index is 0.436. The highest BCUT2D eigenvalue weighted by atomic mass is 19.4. The van der Waals surface area contributed by atoms with Crippen molar-refractivity contribution in [2.45, 2.75) is 44.3 Å². The monoisotopic (exact) mass is 251 g/mol. The van der Waals surface area contributed by atoms with Crippen molar-refractivity contribution in [3.05, 3.63) is 0 Å². The first-order chi connectivity index (χ1) is 6.92. The first kappa shape index (κ1) is 15.2. The maximum Gasteiger partial charge on any atom is 0.426 e. The van der Waals surface area contributed by atoms with Gasteiger partial charge in [-0.25, -0.2) is 0 Å². The third kappa shape index (κ3) is 3.36. The van der Waals surface area contributed by atoms with Gasteiger partial charge in [-0.2, -0.15) is 26.3 Å². The Morgan fingerprint density at radius 3 is 1.69 bits per heavy atom. The molecule has 0 heterocycles. The second-order valence-electron chi connectivity index (χ2n) is 3.49. The minimum atomic E-state index is -5.78. The Hall–Kier alpha value is -0.790. The van der Waals surface area contributed by atoms with Crippen molar-refractivity contribution in [1.82, 2.24) is 0 Å². The van der Waals surface area contributed by atoms with E-state index in [-0.39, 0.29) is 0 Å². The second kappa shape index (κ2) is 4.60. The van der Waals surface area contributed by atoms with E-state index < -0.39 is 30.4 Å². The molecule has 0 aromatic rings. The highest BCUT2D eigenvalue weighted by Gasteiger charge is 2.69. The van der Waals surface area contributed by atoms with Crippen molar-refractivity contribution < 1.29 is 31.4 Å². The molecular weight excluding hydrogens is 240 g/mol. The highest BCUT2D eigenvalue weighted by Crippen LogP contribution is 2.44. The summed E-state index contributed by atoms with van der Waals surface area (Å²) in [7, 11) is 0. The van der Waals surface area contributed by atoms with Crippen LogP contribution in [0, 0.1) is 0 Å². The Labute approximate surface area is 88.0 Å². The maximum atomic E-state index is 12.1. The second-order valence-corrected chi connectivity index (χ2v) is 3.49. The van der Waals surface area contributed by atoms with Gasteiger partial charge in [-0.05, 0) is 13.8 Å². The van der Waals surface area contributed by atoms with E-state index in [1.54, 1.807) is 0 Å². The fourth-order valence-electron chi connectivity index (χ4n) is 0.788. The van der Waals surface area contributed by atoms with E-state index in [0.717, 1.165) is 0 Å². The zero-order valence-electron chi connectivity index (χ0n) is 8.52. The van der Waals surface area contributed by atoms with E-state index in [9.17, 15) is 26.3 Å². The van der Waals surface area contributed by atoms with Crippen molar-refractivity contribution in [2.75, 3.05) is 0 Å². The van der Waals surface area contributed by atoms with Crippen LogP contribution in [0.1, 0.15) is 20.3 Å². The van der Waals surface area contributed by atoms with Crippen LogP contribution >= 0.6 is 0 Å². The van der Waals surface area contributed by atoms with Crippen LogP contribution in [-0.4, -0.2) is 35.3 Å². The summed E-state index contributed by atoms with van der Waals surface area (Å²) in [4.78, 5) is 3.35. The largest absolute Gasteiger partial charge is 0.426 e. The molecule has 8 heteroatoms. The van der Waals surface area contributed by atoms with Crippen molar-refractivity contribution in [1.29, 1.82) is 0 Å². The molecule has 0 amide bonds. The average molecular weight is 251 g/mol. The van der Waals surface area contributed by atoms with Gasteiger partial charge in [0.15, 0.2) is 0 Å². The molecule has 16 heavy (non-hydrogen) atoms. The zero-order valence-corrected chi connectivity index (χ0v) is 8.52. The fourth-order valence-corrected chi connectivity index (χ4v) is 0.788. The van der Waals surface area contributed by atoms with Crippen LogP contribution in [0.15, 0.2) is 4.99 Å². The van der Waals surface area contributed by atoms with Crippen LogP contribution < -0.4 is 0 Å². The normalized spacial score (nSPS) is 15.1. The molecule has 0 fully saturated rings. The molecule has 0 aliphatic heterocycles. The van der Waals surface area contributed by atoms with Crippen LogP contribution in [0.3, 0.4) is 0 Å². The van der Waals surface area contributed by atoms with Crippen molar-refractivity contribution >= 4 is 6.21 Å². The van der Waals surface area contributed by atoms with E-state index in [0.29, 0.717) is 6.21 Å². The number of hydrogen-bond acceptors (Lipinski definition) is 2. The van der Waals surface area contributed by atoms with Gasteiger partial charge in [0, 0.05) is 18.7 Å². The van der Waals surface area contributed by atoms with Crippen LogP contribution in [0.5, 0.6) is 0 Å². The molecule has 1 N–H and O–H groups in total. The molecule has 0 bridgehead atoms. The topological polar surface area (TPSA) is 32.6 Å². The average Bonchev–Trinajstić information content (AvgIpc) is 1.98. The van der Waals surface area contributed by atoms with Crippen molar-refractivity contribution in [2.24, 2.45) is 4.99 Å². The minimum Gasteiger partial charge on any atom is -0.373 e. The van der Waals surface area contributed by atoms with Gasteiger partial charge in [0.25, 0.3) is 5.60 Å². The number of alkyl halides is 6. The van der Waals surface area contributed by atoms with Gasteiger partial charge < -0.3 is 5.11 Å². The molecule has 0 aromatic heterocycles. The molecule has 0 aromatic carbocycles. The molecule has 0 atom stereocenters. The first-order valence-electron chi connectivity index (χ1n) is 4.29. The van der Waals surface area contributed by atoms with E-state index in [1.807, 2.05) is 0 Å². The Kier molecular flexibility index (Phi) is 4.38. The lowest BCUT2D eigenvalue weighted by atomic mass is 9.99. The Morgan fingerprint density at radius 1 is 1.06 bits per heavy atom. The predicted octanol–water partition coefficient (Wildman–Crippen LogP) is 2.71. The van der Waals surface area contributed by atoms with E-state index in [4.69, 9.17) is 5.11 Å². The van der Waals surface area contributed by atoms with Crippen LogP contribution in [0.25, 0.3) is 0 Å². The lowest BCUT2D eigenvalue weighted by Gasteiger charge is -2.31. The lowest BCUT2D eigenvalue weighted by molar-refractivity contribution is -0.364. The molecule has 0 saturated heterocycles. The predicted molar refractivity (Wildman–Crippen MR) is 45.3 cm³/mol. The Balaban J connectivity index is 4.99. The quantitative estimate of drug-likeness (QED) is 0.607. The van der Waals surface area contributed by atoms with Crippen LogP contribution in [-0.2, 0) is 0 Å². The molecule has 0 saturated carbocycles. The summed E-state index contributed by atoms with van der Waals surface area (Å²) in [6, 6.07) is -0.439. The van der Waals surface area contributed by atoms with Gasteiger partial charge in [-0.3, -0.25) is 4.99 Å². The van der Waals surface area contributed by atoms with Crippen LogP contribution in [0.4, 0.5) is 26.3 Å². The third-order valence-electron chi connectivity index (χ3n) is 1.73. The van der Waals surface area contributed by atoms with Gasteiger partial charge >= 0.3 is 12.4 Å². The standard InChI is InChI=1S/C8H11F6NO/c1-5(2)15-4-3-6(16,7(9,10)11)8(12,13)14/h4-5,16H,3H2,1-2H3. The summed E-state index contributed by atoms with van der Waals surface area (Å²) >= 11 is 0. The molecular formula is C8H11F6NO. The lowest BCUT2D eigenvalue weighted by Crippen LogP contribution is -2.57. The third-order valence-corrected chi connectivity index (χ3v) is 1.73. The van der Waals surface area contributed by atoms with Gasteiger partial charge in [0.1, 0.15) is 0 Å². The fraction of sp³-hybridized carbons (Fsp3) is 0.875. The maximum absolute atomic E-state index is 12.1. The van der Waals surface area contributed by atoms with E-state index >= 15 is 0 Å². The molecule has 0 aliphatic carbocycles. The molecule has 2 nitrogen and oxygen atoms in total. The first-order valence-corrected chi connectivity index (χ1v) is 4.29. The van der Waals surface area contributed by atoms with Gasteiger partial charge in [-0.1, -0.05) is 0 Å². The van der Waals surface area contributed by atoms with Gasteiger partial charge in [0.05, 0.1) is 0 Å². The summed E-state index contributed by atoms with van der Waals surface area (Å²) in [5.41, 5.74) is -4.74. The summed E-state index contributed by atoms with van der Waals surface area (Å²) in [6.45, 7) is 2.97. The number of aliphatic hydroxyl groups is 1. The number of nitrogens with zero attached hydrogens (tertiary/aromatic N) is 1. The van der Waals surface area contributed by atoms with Crippen molar-refractivity contribution in [3.8, 4) is 0 Å². The molecule has 0 unspecified atom stereocenters. The smallest absolute Gasteiger partial charge is 0.373 e. The molecule has 96 valence electrons. The highest BCUT2D eigenvalue weighted by molar-refractivity contribution is 5.59. The van der Waals surface area contributed by atoms with Gasteiger partial charge in [-0.15, -0.1) is 0 Å². The SMILES string of the molecule is CC(C)N=CCC(O)(C(F)(F)F)C(F)(F)F. The number of hydrogen-bond donors (Lipinski definition) is 1. The van der Waals surface area contributed by atoms with Crippen molar-refractivity contribution in [3.63, 3.8) is 0 Å². The number of halogens is 6. The summed E-state index contributed by atoms with van der Waals surface area (Å²) < 4.78 is 72.6. The summed E-state index contributed by atoms with van der Waals surface area (Å²) in [5, 5.41) is 8.66. The Bertz CT molecular complexity index is 240. The number of aliphatic imine (C=N–C) groups is 1. The zero-order chi connectivity index (χ0) is 13.2. The molecule has 0 spiro atoms. The number of rotatable bonds is 3. The summed E-state index contributed by atoms with van der Waals surface area (Å²) in [6.07, 6.45) is -12.8. The molecule has 0 rings (SSSR count). The van der Waals surface area contributed by atoms with E-state index in [2.05, 4.69) is 4.99 Å². The summed E-state index contributed by atoms with van der Waals surface area (Å²) in [5.74, 6) is 0. The Morgan fingerprint density at radius 2 is 1.44 bits per heavy atom. The van der Waals surface area contributed by atoms with Crippen LogP contribution in [0.2, 0.25) is 0 Å². The molecule has 0 radical (unpaired) electrons. The van der Waals surface area contributed by atoms with Gasteiger partial charge in [0.2, 0.25) is 0 Å².